The number of aromatic nitrogens is 1. The van der Waals surface area contributed by atoms with Crippen molar-refractivity contribution in [3.8, 4) is 0 Å². The van der Waals surface area contributed by atoms with E-state index >= 15 is 0 Å². The summed E-state index contributed by atoms with van der Waals surface area (Å²) in [5.74, 6) is -0.714. The molecule has 1 saturated carbocycles. The summed E-state index contributed by atoms with van der Waals surface area (Å²) in [6, 6.07) is 3.76. The summed E-state index contributed by atoms with van der Waals surface area (Å²) < 4.78 is 0.781. The first kappa shape index (κ1) is 8.69. The maximum absolute atomic E-state index is 10.6. The Morgan fingerprint density at radius 1 is 1.62 bits per heavy atom. The highest BCUT2D eigenvalue weighted by Crippen LogP contribution is 2.47. The Balaban J connectivity index is 2.12. The first-order valence-corrected chi connectivity index (χ1v) is 4.82. The van der Waals surface area contributed by atoms with Crippen LogP contribution < -0.4 is 0 Å². The van der Waals surface area contributed by atoms with Crippen LogP contribution in [-0.4, -0.2) is 16.1 Å². The topological polar surface area (TPSA) is 50.2 Å². The van der Waals surface area contributed by atoms with Crippen molar-refractivity contribution in [3.63, 3.8) is 0 Å². The molecule has 1 aromatic heterocycles. The Bertz CT molecular complexity index is 336. The van der Waals surface area contributed by atoms with Gasteiger partial charge < -0.3 is 5.11 Å². The van der Waals surface area contributed by atoms with Gasteiger partial charge in [-0.3, -0.25) is 4.79 Å². The second-order valence-electron chi connectivity index (χ2n) is 3.20. The van der Waals surface area contributed by atoms with Crippen molar-refractivity contribution in [3.05, 3.63) is 28.5 Å². The maximum Gasteiger partial charge on any atom is 0.307 e. The predicted molar refractivity (Wildman–Crippen MR) is 50.4 cm³/mol. The largest absolute Gasteiger partial charge is 0.481 e. The fourth-order valence-electron chi connectivity index (χ4n) is 1.44. The molecule has 2 atom stereocenters. The van der Waals surface area contributed by atoms with Crippen LogP contribution in [0.4, 0.5) is 0 Å². The number of carboxylic acid groups (broad SMARTS) is 1. The van der Waals surface area contributed by atoms with Gasteiger partial charge in [0.15, 0.2) is 0 Å². The zero-order valence-electron chi connectivity index (χ0n) is 6.77. The lowest BCUT2D eigenvalue weighted by Gasteiger charge is -1.96. The molecule has 1 aromatic rings. The maximum atomic E-state index is 10.6. The van der Waals surface area contributed by atoms with E-state index in [9.17, 15) is 4.79 Å². The molecule has 0 amide bonds. The predicted octanol–water partition coefficient (Wildman–Crippen LogP) is 2.03. The van der Waals surface area contributed by atoms with Crippen LogP contribution in [0.5, 0.6) is 0 Å². The lowest BCUT2D eigenvalue weighted by molar-refractivity contribution is -0.138. The molecule has 4 heteroatoms. The summed E-state index contributed by atoms with van der Waals surface area (Å²) in [7, 11) is 0. The van der Waals surface area contributed by atoms with Crippen molar-refractivity contribution in [2.24, 2.45) is 5.92 Å². The van der Waals surface area contributed by atoms with E-state index in [-0.39, 0.29) is 11.8 Å². The molecule has 0 radical (unpaired) electrons. The number of pyridine rings is 1. The Morgan fingerprint density at radius 3 is 2.85 bits per heavy atom. The zero-order chi connectivity index (χ0) is 9.42. The monoisotopic (exact) mass is 241 g/mol. The van der Waals surface area contributed by atoms with Gasteiger partial charge in [0, 0.05) is 6.20 Å². The quantitative estimate of drug-likeness (QED) is 0.807. The Morgan fingerprint density at radius 2 is 2.38 bits per heavy atom. The molecule has 13 heavy (non-hydrogen) atoms. The van der Waals surface area contributed by atoms with E-state index in [1.807, 2.05) is 12.1 Å². The summed E-state index contributed by atoms with van der Waals surface area (Å²) in [5, 5.41) is 8.71. The van der Waals surface area contributed by atoms with Gasteiger partial charge in [0.05, 0.1) is 5.92 Å². The number of rotatable bonds is 2. The molecule has 0 spiro atoms. The van der Waals surface area contributed by atoms with Crippen molar-refractivity contribution in [2.45, 2.75) is 12.3 Å². The van der Waals surface area contributed by atoms with Gasteiger partial charge in [-0.05, 0) is 39.9 Å². The van der Waals surface area contributed by atoms with Crippen LogP contribution in [0.25, 0.3) is 0 Å². The van der Waals surface area contributed by atoms with Crippen LogP contribution >= 0.6 is 15.9 Å². The van der Waals surface area contributed by atoms with Crippen LogP contribution in [0.2, 0.25) is 0 Å². The summed E-state index contributed by atoms with van der Waals surface area (Å²) in [6.45, 7) is 0. The second-order valence-corrected chi connectivity index (χ2v) is 4.01. The van der Waals surface area contributed by atoms with Crippen LogP contribution in [0.3, 0.4) is 0 Å². The molecule has 1 aliphatic rings. The minimum Gasteiger partial charge on any atom is -0.481 e. The zero-order valence-corrected chi connectivity index (χ0v) is 8.36. The smallest absolute Gasteiger partial charge is 0.307 e. The number of halogens is 1. The lowest BCUT2D eigenvalue weighted by Crippen LogP contribution is -1.98. The molecule has 1 aliphatic carbocycles. The Hall–Kier alpha value is -0.900. The van der Waals surface area contributed by atoms with Gasteiger partial charge in [-0.15, -0.1) is 0 Å². The summed E-state index contributed by atoms with van der Waals surface area (Å²) >= 11 is 3.23. The average molecular weight is 242 g/mol. The fourth-order valence-corrected chi connectivity index (χ4v) is 1.68. The van der Waals surface area contributed by atoms with Crippen molar-refractivity contribution < 1.29 is 9.90 Å². The third kappa shape index (κ3) is 1.72. The molecule has 0 saturated heterocycles. The summed E-state index contributed by atoms with van der Waals surface area (Å²) in [4.78, 5) is 14.6. The van der Waals surface area contributed by atoms with E-state index in [0.29, 0.717) is 0 Å². The van der Waals surface area contributed by atoms with Gasteiger partial charge in [0.1, 0.15) is 4.60 Å². The van der Waals surface area contributed by atoms with E-state index in [1.54, 1.807) is 6.20 Å². The first-order valence-electron chi connectivity index (χ1n) is 4.03. The van der Waals surface area contributed by atoms with Crippen molar-refractivity contribution >= 4 is 21.9 Å². The van der Waals surface area contributed by atoms with Gasteiger partial charge in [0.2, 0.25) is 0 Å². The Labute approximate surface area is 83.9 Å². The Kier molecular flexibility index (Phi) is 2.07. The van der Waals surface area contributed by atoms with Crippen molar-refractivity contribution in [2.75, 3.05) is 0 Å². The van der Waals surface area contributed by atoms with Crippen LogP contribution in [0, 0.1) is 5.92 Å². The minimum atomic E-state index is -0.701. The highest BCUT2D eigenvalue weighted by atomic mass is 79.9. The van der Waals surface area contributed by atoms with Gasteiger partial charge >= 0.3 is 5.97 Å². The molecule has 3 nitrogen and oxygen atoms in total. The summed E-state index contributed by atoms with van der Waals surface area (Å²) in [6.07, 6.45) is 2.48. The fraction of sp³-hybridized carbons (Fsp3) is 0.333. The number of aliphatic carboxylic acids is 1. The number of carboxylic acids is 1. The van der Waals surface area contributed by atoms with Gasteiger partial charge in [-0.1, -0.05) is 6.07 Å². The minimum absolute atomic E-state index is 0.179. The molecule has 1 fully saturated rings. The third-order valence-electron chi connectivity index (χ3n) is 2.29. The van der Waals surface area contributed by atoms with Gasteiger partial charge in [-0.2, -0.15) is 0 Å². The van der Waals surface area contributed by atoms with Crippen molar-refractivity contribution in [1.29, 1.82) is 0 Å². The molecular formula is C9H8BrNO2. The molecule has 1 N–H and O–H groups in total. The number of hydrogen-bond acceptors (Lipinski definition) is 2. The van der Waals surface area contributed by atoms with E-state index in [2.05, 4.69) is 20.9 Å². The summed E-state index contributed by atoms with van der Waals surface area (Å²) in [5.41, 5.74) is 1.02. The molecule has 0 unspecified atom stereocenters. The average Bonchev–Trinajstić information content (AvgIpc) is 2.85. The third-order valence-corrected chi connectivity index (χ3v) is 2.76. The SMILES string of the molecule is O=C(O)[C@@H]1C[C@H]1c1ccc(Br)nc1. The second kappa shape index (κ2) is 3.10. The van der Waals surface area contributed by atoms with E-state index < -0.39 is 5.97 Å². The van der Waals surface area contributed by atoms with E-state index in [4.69, 9.17) is 5.11 Å². The van der Waals surface area contributed by atoms with Crippen LogP contribution in [-0.2, 0) is 4.79 Å². The van der Waals surface area contributed by atoms with Gasteiger partial charge in [-0.25, -0.2) is 4.98 Å². The van der Waals surface area contributed by atoms with E-state index in [0.717, 1.165) is 16.6 Å². The number of carbonyl (C=O) groups is 1. The van der Waals surface area contributed by atoms with Gasteiger partial charge in [0.25, 0.3) is 0 Å². The lowest BCUT2D eigenvalue weighted by atomic mass is 10.1. The van der Waals surface area contributed by atoms with Crippen molar-refractivity contribution in [1.82, 2.24) is 4.98 Å². The molecule has 68 valence electrons. The highest BCUT2D eigenvalue weighted by Gasteiger charge is 2.44. The molecular weight excluding hydrogens is 234 g/mol. The number of nitrogens with zero attached hydrogens (tertiary/aromatic N) is 1. The highest BCUT2D eigenvalue weighted by molar-refractivity contribution is 9.10. The van der Waals surface area contributed by atoms with E-state index in [1.165, 1.54) is 0 Å². The first-order chi connectivity index (χ1) is 6.18. The van der Waals surface area contributed by atoms with Crippen LogP contribution in [0.1, 0.15) is 17.9 Å². The number of hydrogen-bond donors (Lipinski definition) is 1. The molecule has 2 rings (SSSR count). The van der Waals surface area contributed by atoms with Crippen LogP contribution in [0.15, 0.2) is 22.9 Å². The normalized spacial score (nSPS) is 25.6. The molecule has 0 aliphatic heterocycles. The molecule has 0 bridgehead atoms. The molecule has 1 heterocycles. The molecule has 0 aromatic carbocycles. The standard InChI is InChI=1S/C9H8BrNO2/c10-8-2-1-5(4-11-8)6-3-7(6)9(12)13/h1-2,4,6-7H,3H2,(H,12,13)/t6-,7+/m0/s1.